The summed E-state index contributed by atoms with van der Waals surface area (Å²) >= 11 is 9.43. The highest BCUT2D eigenvalue weighted by Crippen LogP contribution is 2.20. The first-order valence-corrected chi connectivity index (χ1v) is 9.30. The van der Waals surface area contributed by atoms with Gasteiger partial charge in [0.15, 0.2) is 0 Å². The van der Waals surface area contributed by atoms with E-state index in [1.165, 1.54) is 12.1 Å². The third kappa shape index (κ3) is 5.03. The van der Waals surface area contributed by atoms with Gasteiger partial charge in [-0.15, -0.1) is 0 Å². The maximum Gasteiger partial charge on any atom is 0.224 e. The van der Waals surface area contributed by atoms with E-state index in [2.05, 4.69) is 25.9 Å². The number of amides is 1. The summed E-state index contributed by atoms with van der Waals surface area (Å²) in [5.41, 5.74) is 0.909. The van der Waals surface area contributed by atoms with Crippen LogP contribution in [0.4, 0.5) is 4.39 Å². The molecule has 1 aromatic carbocycles. The summed E-state index contributed by atoms with van der Waals surface area (Å²) in [6.45, 7) is 4.21. The molecule has 5 nitrogen and oxygen atoms in total. The first-order valence-electron chi connectivity index (χ1n) is 8.13. The molecule has 25 heavy (non-hydrogen) atoms. The second-order valence-electron chi connectivity index (χ2n) is 6.06. The lowest BCUT2D eigenvalue weighted by Gasteiger charge is -2.35. The van der Waals surface area contributed by atoms with E-state index in [-0.39, 0.29) is 11.7 Å². The van der Waals surface area contributed by atoms with Gasteiger partial charge in [-0.05, 0) is 33.6 Å². The van der Waals surface area contributed by atoms with Gasteiger partial charge < -0.3 is 4.90 Å². The monoisotopic (exact) mass is 428 g/mol. The molecular weight excluding hydrogens is 411 g/mol. The minimum absolute atomic E-state index is 0.145. The first kappa shape index (κ1) is 18.4. The standard InChI is InChI=1S/C17H19BrClFN4O/c18-14-10-21-24(12-14)4-3-17(25)23-7-5-22(6-8-23)11-13-1-2-15(20)9-16(13)19/h1-2,9-10,12H,3-8,11H2. The predicted molar refractivity (Wildman–Crippen MR) is 97.8 cm³/mol. The van der Waals surface area contributed by atoms with Crippen molar-refractivity contribution in [3.63, 3.8) is 0 Å². The Kier molecular flexibility index (Phi) is 6.09. The molecule has 0 spiro atoms. The molecule has 8 heteroatoms. The quantitative estimate of drug-likeness (QED) is 0.733. The Morgan fingerprint density at radius 2 is 2.04 bits per heavy atom. The summed E-state index contributed by atoms with van der Waals surface area (Å²) in [5.74, 6) is -0.181. The highest BCUT2D eigenvalue weighted by Gasteiger charge is 2.21. The number of benzene rings is 1. The number of halogens is 3. The van der Waals surface area contributed by atoms with E-state index in [4.69, 9.17) is 11.6 Å². The van der Waals surface area contributed by atoms with Crippen molar-refractivity contribution < 1.29 is 9.18 Å². The average molecular weight is 430 g/mol. The summed E-state index contributed by atoms with van der Waals surface area (Å²) in [4.78, 5) is 16.4. The molecular formula is C17H19BrClFN4O. The van der Waals surface area contributed by atoms with Crippen LogP contribution >= 0.6 is 27.5 Å². The Morgan fingerprint density at radius 3 is 2.68 bits per heavy atom. The fourth-order valence-electron chi connectivity index (χ4n) is 2.88. The fraction of sp³-hybridized carbons (Fsp3) is 0.412. The molecule has 0 saturated carbocycles. The number of hydrogen-bond donors (Lipinski definition) is 0. The Hall–Kier alpha value is -1.44. The molecule has 0 aliphatic carbocycles. The van der Waals surface area contributed by atoms with Crippen molar-refractivity contribution in [1.82, 2.24) is 19.6 Å². The second-order valence-corrected chi connectivity index (χ2v) is 7.39. The zero-order valence-electron chi connectivity index (χ0n) is 13.7. The largest absolute Gasteiger partial charge is 0.340 e. The van der Waals surface area contributed by atoms with E-state index in [0.717, 1.165) is 23.1 Å². The average Bonchev–Trinajstić information content (AvgIpc) is 3.01. The zero-order chi connectivity index (χ0) is 17.8. The van der Waals surface area contributed by atoms with Gasteiger partial charge in [0.05, 0.1) is 10.7 Å². The molecule has 1 amide bonds. The number of piperazine rings is 1. The Labute approximate surface area is 159 Å². The van der Waals surface area contributed by atoms with Gasteiger partial charge in [0.1, 0.15) is 5.82 Å². The lowest BCUT2D eigenvalue weighted by molar-refractivity contribution is -0.133. The summed E-state index contributed by atoms with van der Waals surface area (Å²) in [6.07, 6.45) is 4.01. The van der Waals surface area contributed by atoms with Gasteiger partial charge >= 0.3 is 0 Å². The van der Waals surface area contributed by atoms with Crippen molar-refractivity contribution >= 4 is 33.4 Å². The Bertz CT molecular complexity index is 746. The summed E-state index contributed by atoms with van der Waals surface area (Å²) in [6, 6.07) is 4.48. The Balaban J connectivity index is 1.45. The number of aromatic nitrogens is 2. The van der Waals surface area contributed by atoms with Crippen LogP contribution in [0, 0.1) is 5.82 Å². The van der Waals surface area contributed by atoms with Gasteiger partial charge in [-0.25, -0.2) is 4.39 Å². The van der Waals surface area contributed by atoms with E-state index in [9.17, 15) is 9.18 Å². The van der Waals surface area contributed by atoms with Crippen molar-refractivity contribution in [2.45, 2.75) is 19.5 Å². The molecule has 0 radical (unpaired) electrons. The SMILES string of the molecule is O=C(CCn1cc(Br)cn1)N1CCN(Cc2ccc(F)cc2Cl)CC1. The van der Waals surface area contributed by atoms with Crippen molar-refractivity contribution in [2.24, 2.45) is 0 Å². The number of carbonyl (C=O) groups excluding carboxylic acids is 1. The van der Waals surface area contributed by atoms with Gasteiger partial charge in [0.25, 0.3) is 0 Å². The maximum atomic E-state index is 13.1. The smallest absolute Gasteiger partial charge is 0.224 e. The lowest BCUT2D eigenvalue weighted by atomic mass is 10.2. The number of hydrogen-bond acceptors (Lipinski definition) is 3. The van der Waals surface area contributed by atoms with Crippen molar-refractivity contribution in [2.75, 3.05) is 26.2 Å². The maximum absolute atomic E-state index is 13.1. The van der Waals surface area contributed by atoms with Crippen LogP contribution < -0.4 is 0 Å². The van der Waals surface area contributed by atoms with Crippen molar-refractivity contribution in [3.8, 4) is 0 Å². The third-order valence-corrected chi connectivity index (χ3v) is 5.05. The zero-order valence-corrected chi connectivity index (χ0v) is 16.0. The molecule has 2 heterocycles. The van der Waals surface area contributed by atoms with Gasteiger partial charge in [-0.1, -0.05) is 17.7 Å². The van der Waals surface area contributed by atoms with Crippen LogP contribution in [0.15, 0.2) is 35.1 Å². The molecule has 2 aromatic rings. The van der Waals surface area contributed by atoms with Crippen LogP contribution in [0.3, 0.4) is 0 Å². The number of nitrogens with zero attached hydrogens (tertiary/aromatic N) is 4. The Morgan fingerprint density at radius 1 is 1.28 bits per heavy atom. The van der Waals surface area contributed by atoms with Crippen LogP contribution in [0.5, 0.6) is 0 Å². The minimum atomic E-state index is -0.326. The van der Waals surface area contributed by atoms with E-state index < -0.39 is 0 Å². The third-order valence-electron chi connectivity index (χ3n) is 4.29. The number of aryl methyl sites for hydroxylation is 1. The molecule has 134 valence electrons. The number of rotatable bonds is 5. The molecule has 0 bridgehead atoms. The summed E-state index contributed by atoms with van der Waals surface area (Å²) < 4.78 is 15.8. The van der Waals surface area contributed by atoms with Gasteiger partial charge in [0, 0.05) is 56.9 Å². The van der Waals surface area contributed by atoms with E-state index in [1.807, 2.05) is 11.1 Å². The second kappa shape index (κ2) is 8.29. The summed E-state index contributed by atoms with van der Waals surface area (Å²) in [5, 5.41) is 4.61. The van der Waals surface area contributed by atoms with Gasteiger partial charge in [0.2, 0.25) is 5.91 Å². The minimum Gasteiger partial charge on any atom is -0.340 e. The molecule has 0 atom stereocenters. The van der Waals surface area contributed by atoms with E-state index in [0.29, 0.717) is 37.6 Å². The van der Waals surface area contributed by atoms with Crippen LogP contribution in [0.2, 0.25) is 5.02 Å². The van der Waals surface area contributed by atoms with Crippen LogP contribution in [-0.4, -0.2) is 51.7 Å². The van der Waals surface area contributed by atoms with E-state index in [1.54, 1.807) is 16.9 Å². The predicted octanol–water partition coefficient (Wildman–Crippen LogP) is 3.17. The fourth-order valence-corrected chi connectivity index (χ4v) is 3.43. The highest BCUT2D eigenvalue weighted by molar-refractivity contribution is 9.10. The van der Waals surface area contributed by atoms with Crippen LogP contribution in [0.25, 0.3) is 0 Å². The molecule has 1 aliphatic heterocycles. The van der Waals surface area contributed by atoms with Crippen molar-refractivity contribution in [1.29, 1.82) is 0 Å². The van der Waals surface area contributed by atoms with Crippen LogP contribution in [0.1, 0.15) is 12.0 Å². The lowest BCUT2D eigenvalue weighted by Crippen LogP contribution is -2.48. The van der Waals surface area contributed by atoms with Crippen LogP contribution in [-0.2, 0) is 17.9 Å². The van der Waals surface area contributed by atoms with Crippen molar-refractivity contribution in [3.05, 3.63) is 51.5 Å². The summed E-state index contributed by atoms with van der Waals surface area (Å²) in [7, 11) is 0. The molecule has 0 N–H and O–H groups in total. The highest BCUT2D eigenvalue weighted by atomic mass is 79.9. The molecule has 3 rings (SSSR count). The van der Waals surface area contributed by atoms with E-state index >= 15 is 0 Å². The van der Waals surface area contributed by atoms with Gasteiger partial charge in [-0.3, -0.25) is 14.4 Å². The topological polar surface area (TPSA) is 41.4 Å². The number of carbonyl (C=O) groups is 1. The molecule has 0 unspecified atom stereocenters. The molecule has 1 aromatic heterocycles. The van der Waals surface area contributed by atoms with Gasteiger partial charge in [-0.2, -0.15) is 5.10 Å². The molecule has 1 saturated heterocycles. The molecule has 1 fully saturated rings. The normalized spacial score (nSPS) is 15.6. The molecule has 1 aliphatic rings. The first-order chi connectivity index (χ1) is 12.0.